The summed E-state index contributed by atoms with van der Waals surface area (Å²) in [6, 6.07) is 0. The van der Waals surface area contributed by atoms with Crippen LogP contribution in [0.4, 0.5) is 0 Å². The first-order chi connectivity index (χ1) is 19.2. The van der Waals surface area contributed by atoms with Crippen LogP contribution >= 0.6 is 0 Å². The largest absolute Gasteiger partial charge is 0.463 e. The second-order valence-electron chi connectivity index (χ2n) is 10.9. The van der Waals surface area contributed by atoms with Crippen molar-refractivity contribution in [1.29, 1.82) is 0 Å². The van der Waals surface area contributed by atoms with Crippen molar-refractivity contribution >= 4 is 5.97 Å². The Morgan fingerprint density at radius 1 is 0.675 bits per heavy atom. The first-order valence-electron chi connectivity index (χ1n) is 14.9. The van der Waals surface area contributed by atoms with Crippen molar-refractivity contribution in [2.24, 2.45) is 0 Å². The van der Waals surface area contributed by atoms with Crippen LogP contribution in [0.15, 0.2) is 0 Å². The molecule has 10 unspecified atom stereocenters. The third-order valence-corrected chi connectivity index (χ3v) is 7.52. The third kappa shape index (κ3) is 11.4. The Balaban J connectivity index is 1.85. The summed E-state index contributed by atoms with van der Waals surface area (Å²) >= 11 is 0. The Morgan fingerprint density at radius 2 is 1.20 bits per heavy atom. The van der Waals surface area contributed by atoms with E-state index in [4.69, 9.17) is 23.7 Å². The lowest BCUT2D eigenvalue weighted by atomic mass is 9.97. The minimum Gasteiger partial charge on any atom is -0.463 e. The maximum atomic E-state index is 11.3. The number of rotatable bonds is 19. The van der Waals surface area contributed by atoms with Crippen molar-refractivity contribution in [2.45, 2.75) is 152 Å². The van der Waals surface area contributed by atoms with Crippen LogP contribution in [0.3, 0.4) is 0 Å². The van der Waals surface area contributed by atoms with E-state index < -0.39 is 74.0 Å². The molecule has 2 saturated heterocycles. The van der Waals surface area contributed by atoms with Crippen LogP contribution in [-0.2, 0) is 28.5 Å². The van der Waals surface area contributed by atoms with Crippen molar-refractivity contribution in [2.75, 3.05) is 19.8 Å². The van der Waals surface area contributed by atoms with E-state index in [0.717, 1.165) is 25.7 Å². The van der Waals surface area contributed by atoms with E-state index in [0.29, 0.717) is 0 Å². The summed E-state index contributed by atoms with van der Waals surface area (Å²) in [6.07, 6.45) is -0.403. The second kappa shape index (κ2) is 19.3. The Hall–Kier alpha value is -0.930. The number of esters is 1. The summed E-state index contributed by atoms with van der Waals surface area (Å²) in [5.41, 5.74) is 0. The van der Waals surface area contributed by atoms with Gasteiger partial charge in [0.05, 0.1) is 6.61 Å². The van der Waals surface area contributed by atoms with E-state index in [1.54, 1.807) is 0 Å². The summed E-state index contributed by atoms with van der Waals surface area (Å²) in [5, 5.41) is 61.3. The maximum Gasteiger partial charge on any atom is 0.302 e. The highest BCUT2D eigenvalue weighted by Gasteiger charge is 2.51. The van der Waals surface area contributed by atoms with Crippen LogP contribution < -0.4 is 0 Å². The lowest BCUT2D eigenvalue weighted by molar-refractivity contribution is -0.367. The molecule has 0 aromatic heterocycles. The fourth-order valence-corrected chi connectivity index (χ4v) is 5.00. The number of carbonyl (C=O) groups is 1. The van der Waals surface area contributed by atoms with E-state index in [1.165, 1.54) is 58.3 Å². The van der Waals surface area contributed by atoms with Crippen LogP contribution in [0.5, 0.6) is 0 Å². The van der Waals surface area contributed by atoms with Crippen molar-refractivity contribution in [3.63, 3.8) is 0 Å². The molecule has 12 heteroatoms. The van der Waals surface area contributed by atoms with Gasteiger partial charge in [-0.3, -0.25) is 4.79 Å². The zero-order valence-corrected chi connectivity index (χ0v) is 24.0. The first-order valence-corrected chi connectivity index (χ1v) is 14.9. The smallest absolute Gasteiger partial charge is 0.302 e. The molecule has 10 atom stereocenters. The van der Waals surface area contributed by atoms with Gasteiger partial charge in [-0.1, -0.05) is 77.6 Å². The van der Waals surface area contributed by atoms with E-state index >= 15 is 0 Å². The monoisotopic (exact) mass is 580 g/mol. The summed E-state index contributed by atoms with van der Waals surface area (Å²) < 4.78 is 27.7. The highest BCUT2D eigenvalue weighted by Crippen LogP contribution is 2.30. The molecule has 0 spiro atoms. The fraction of sp³-hybridized carbons (Fsp3) is 0.964. The Bertz CT molecular complexity index is 680. The molecule has 0 bridgehead atoms. The minimum absolute atomic E-state index is 0.264. The predicted molar refractivity (Wildman–Crippen MR) is 143 cm³/mol. The quantitative estimate of drug-likeness (QED) is 0.0938. The number of aliphatic hydroxyl groups is 6. The summed E-state index contributed by atoms with van der Waals surface area (Å²) in [7, 11) is 0. The molecular weight excluding hydrogens is 528 g/mol. The van der Waals surface area contributed by atoms with Crippen LogP contribution in [0.1, 0.15) is 90.9 Å². The number of hydrogen-bond acceptors (Lipinski definition) is 12. The van der Waals surface area contributed by atoms with Gasteiger partial charge in [-0.15, -0.1) is 0 Å². The van der Waals surface area contributed by atoms with Gasteiger partial charge in [-0.2, -0.15) is 0 Å². The van der Waals surface area contributed by atoms with Gasteiger partial charge in [0.15, 0.2) is 12.6 Å². The van der Waals surface area contributed by atoms with Crippen molar-refractivity contribution in [3.05, 3.63) is 0 Å². The maximum absolute atomic E-state index is 11.3. The lowest BCUT2D eigenvalue weighted by Crippen LogP contribution is -2.64. The van der Waals surface area contributed by atoms with Crippen LogP contribution in [0.2, 0.25) is 0 Å². The average Bonchev–Trinajstić information content (AvgIpc) is 2.93. The molecule has 0 radical (unpaired) electrons. The molecule has 0 aliphatic carbocycles. The van der Waals surface area contributed by atoms with Gasteiger partial charge >= 0.3 is 5.97 Å². The second-order valence-corrected chi connectivity index (χ2v) is 10.9. The lowest BCUT2D eigenvalue weighted by Gasteiger charge is -2.46. The molecule has 0 amide bonds. The van der Waals surface area contributed by atoms with Crippen molar-refractivity contribution in [3.8, 4) is 0 Å². The first kappa shape index (κ1) is 35.3. The number of unbranched alkanes of at least 4 members (excludes halogenated alkanes) is 11. The Labute approximate surface area is 237 Å². The van der Waals surface area contributed by atoms with Crippen molar-refractivity contribution < 1.29 is 59.1 Å². The van der Waals surface area contributed by atoms with E-state index in [-0.39, 0.29) is 13.2 Å². The number of ether oxygens (including phenoxy) is 5. The van der Waals surface area contributed by atoms with E-state index in [2.05, 4.69) is 6.92 Å². The average molecular weight is 581 g/mol. The summed E-state index contributed by atoms with van der Waals surface area (Å²) in [6.45, 7) is 2.72. The highest BCUT2D eigenvalue weighted by molar-refractivity contribution is 5.65. The van der Waals surface area contributed by atoms with Gasteiger partial charge in [0.2, 0.25) is 0 Å². The molecule has 2 fully saturated rings. The molecule has 0 aromatic rings. The molecule has 6 N–H and O–H groups in total. The SMILES string of the molecule is CCCCCCCCCCCCCCOC1OC(COC(C)=O)C(O)C(O)C1OC1OC(CO)C(O)C(O)C1O. The number of aliphatic hydroxyl groups excluding tert-OH is 6. The number of hydrogen-bond donors (Lipinski definition) is 6. The Morgan fingerprint density at radius 3 is 1.75 bits per heavy atom. The third-order valence-electron chi connectivity index (χ3n) is 7.52. The van der Waals surface area contributed by atoms with Crippen LogP contribution in [0.25, 0.3) is 0 Å². The van der Waals surface area contributed by atoms with Crippen LogP contribution in [-0.4, -0.2) is 118 Å². The van der Waals surface area contributed by atoms with Gasteiger partial charge in [-0.05, 0) is 6.42 Å². The normalized spacial score (nSPS) is 34.6. The van der Waals surface area contributed by atoms with Crippen LogP contribution in [0, 0.1) is 0 Å². The molecular formula is C28H52O12. The molecule has 12 nitrogen and oxygen atoms in total. The van der Waals surface area contributed by atoms with E-state index in [9.17, 15) is 35.4 Å². The fourth-order valence-electron chi connectivity index (χ4n) is 5.00. The van der Waals surface area contributed by atoms with Gasteiger partial charge in [0, 0.05) is 13.5 Å². The standard InChI is InChI=1S/C28H52O12/c1-3-4-5-6-7-8-9-10-11-12-13-14-15-36-28-26(24(34)22(32)20(39-28)17-37-18(2)30)40-27-25(35)23(33)21(31)19(16-29)38-27/h19-29,31-35H,3-17H2,1-2H3. The molecule has 236 valence electrons. The number of carbonyl (C=O) groups excluding carboxylic acids is 1. The Kier molecular flexibility index (Phi) is 17.0. The van der Waals surface area contributed by atoms with Gasteiger partial charge < -0.3 is 54.3 Å². The predicted octanol–water partition coefficient (Wildman–Crippen LogP) is 0.899. The zero-order chi connectivity index (χ0) is 29.5. The zero-order valence-electron chi connectivity index (χ0n) is 24.0. The highest BCUT2D eigenvalue weighted by atomic mass is 16.8. The van der Waals surface area contributed by atoms with Gasteiger partial charge in [-0.25, -0.2) is 0 Å². The topological polar surface area (TPSA) is 185 Å². The van der Waals surface area contributed by atoms with Gasteiger partial charge in [0.25, 0.3) is 0 Å². The van der Waals surface area contributed by atoms with E-state index in [1.807, 2.05) is 0 Å². The molecule has 2 aliphatic heterocycles. The molecule has 40 heavy (non-hydrogen) atoms. The summed E-state index contributed by atoms with van der Waals surface area (Å²) in [4.78, 5) is 11.3. The van der Waals surface area contributed by atoms with Gasteiger partial charge in [0.1, 0.15) is 55.4 Å². The molecule has 0 aromatic carbocycles. The molecule has 0 saturated carbocycles. The molecule has 2 aliphatic rings. The molecule has 2 rings (SSSR count). The van der Waals surface area contributed by atoms with Crippen molar-refractivity contribution in [1.82, 2.24) is 0 Å². The summed E-state index contributed by atoms with van der Waals surface area (Å²) in [5.74, 6) is -0.584. The molecule has 2 heterocycles. The minimum atomic E-state index is -1.71.